The molecule has 15 nitrogen and oxygen atoms in total. The molecule has 6 N–H and O–H groups in total. The van der Waals surface area contributed by atoms with Crippen LogP contribution < -0.4 is 16.4 Å². The van der Waals surface area contributed by atoms with E-state index < -0.39 is 36.5 Å². The zero-order valence-electron chi connectivity index (χ0n) is 21.9. The minimum Gasteiger partial charge on any atom is -0.448 e. The Balaban J connectivity index is 1.20. The highest BCUT2D eigenvalue weighted by molar-refractivity contribution is 5.85. The molecule has 15 heteroatoms. The van der Waals surface area contributed by atoms with Crippen LogP contribution in [0.3, 0.4) is 0 Å². The number of aliphatic hydroxyl groups is 2. The number of nitrogens with zero attached hydrogens (tertiary/aromatic N) is 5. The highest BCUT2D eigenvalue weighted by atomic mass is 16.6. The molecular formula is C25H32N8O7. The van der Waals surface area contributed by atoms with Gasteiger partial charge in [0.25, 0.3) is 5.91 Å². The van der Waals surface area contributed by atoms with E-state index in [2.05, 4.69) is 37.4 Å². The summed E-state index contributed by atoms with van der Waals surface area (Å²) in [5.74, 6) is 5.65. The molecule has 0 aromatic carbocycles. The molecule has 0 bridgehead atoms. The molecule has 0 radical (unpaired) electrons. The van der Waals surface area contributed by atoms with Crippen molar-refractivity contribution in [2.45, 2.75) is 50.7 Å². The number of nitrogen functional groups attached to an aromatic ring is 1. The Labute approximate surface area is 229 Å². The fourth-order valence-electron chi connectivity index (χ4n) is 4.88. The van der Waals surface area contributed by atoms with E-state index in [0.29, 0.717) is 32.6 Å². The molecule has 2 aromatic rings. The van der Waals surface area contributed by atoms with Crippen molar-refractivity contribution in [3.05, 3.63) is 12.2 Å². The Morgan fingerprint density at radius 2 is 2.05 bits per heavy atom. The van der Waals surface area contributed by atoms with E-state index in [1.807, 2.05) is 0 Å². The quantitative estimate of drug-likeness (QED) is 0.204. The first-order valence-electron chi connectivity index (χ1n) is 13.2. The van der Waals surface area contributed by atoms with E-state index in [0.717, 1.165) is 12.8 Å². The van der Waals surface area contributed by atoms with Gasteiger partial charge in [-0.05, 0) is 31.6 Å². The number of aliphatic hydroxyl groups excluding tert-OH is 2. The third-order valence-electron chi connectivity index (χ3n) is 7.34. The van der Waals surface area contributed by atoms with Gasteiger partial charge in [-0.15, -0.1) is 0 Å². The first-order chi connectivity index (χ1) is 19.3. The number of fused-ring (bicyclic) bond motifs is 1. The van der Waals surface area contributed by atoms with Crippen LogP contribution in [0.15, 0.2) is 6.33 Å². The summed E-state index contributed by atoms with van der Waals surface area (Å²) in [5, 5.41) is 26.1. The zero-order chi connectivity index (χ0) is 28.4. The number of hydrogen-bond donors (Lipinski definition) is 5. The second-order valence-electron chi connectivity index (χ2n) is 10.0. The number of rotatable bonds is 6. The van der Waals surface area contributed by atoms with Gasteiger partial charge in [-0.2, -0.15) is 0 Å². The third kappa shape index (κ3) is 5.51. The number of nitrogens with two attached hydrogens (primary N) is 1. The van der Waals surface area contributed by atoms with Crippen LogP contribution in [-0.2, 0) is 19.1 Å². The van der Waals surface area contributed by atoms with Gasteiger partial charge in [0.2, 0.25) is 11.7 Å². The van der Waals surface area contributed by atoms with E-state index in [9.17, 15) is 24.6 Å². The Kier molecular flexibility index (Phi) is 8.01. The van der Waals surface area contributed by atoms with Crippen molar-refractivity contribution in [3.63, 3.8) is 0 Å². The van der Waals surface area contributed by atoms with Crippen LogP contribution in [0.4, 0.5) is 10.6 Å². The zero-order valence-corrected chi connectivity index (χ0v) is 21.9. The molecule has 0 saturated carbocycles. The lowest BCUT2D eigenvalue weighted by atomic mass is 9.94. The van der Waals surface area contributed by atoms with Gasteiger partial charge in [-0.1, -0.05) is 5.92 Å². The van der Waals surface area contributed by atoms with Crippen LogP contribution in [0.25, 0.3) is 11.2 Å². The maximum absolute atomic E-state index is 12.3. The third-order valence-corrected chi connectivity index (χ3v) is 7.34. The van der Waals surface area contributed by atoms with Gasteiger partial charge in [0.15, 0.2) is 23.8 Å². The minimum atomic E-state index is -1.44. The standard InChI is InChI=1S/C25H32N8O7/c1-2-27-23(37)19-17(34)18(35)24(40-19)33-12-29-16-20(26)30-15(31-21(16)33)5-3-4-13-6-8-32(9-7-13)25(38)39-11-14-10-28-22(14)36/h12-14,17-19,24,34-35H,2,4,6-11H2,1H3,(H,27,37)(H,28,36)(H2,26,30,31). The number of imidazole rings is 1. The van der Waals surface area contributed by atoms with E-state index in [4.69, 9.17) is 15.2 Å². The Morgan fingerprint density at radius 3 is 2.73 bits per heavy atom. The number of piperidine rings is 1. The Hall–Kier alpha value is -4.00. The number of nitrogens with one attached hydrogen (secondary N) is 2. The molecule has 3 aliphatic rings. The number of carbonyl (C=O) groups excluding carboxylic acids is 3. The summed E-state index contributed by atoms with van der Waals surface area (Å²) in [6.07, 6.45) is -2.19. The molecule has 2 aromatic heterocycles. The predicted octanol–water partition coefficient (Wildman–Crippen LogP) is -1.50. The number of aromatic nitrogens is 4. The number of anilines is 1. The van der Waals surface area contributed by atoms with Crippen molar-refractivity contribution in [1.82, 2.24) is 35.1 Å². The summed E-state index contributed by atoms with van der Waals surface area (Å²) in [6, 6.07) is 0. The Morgan fingerprint density at radius 1 is 1.27 bits per heavy atom. The van der Waals surface area contributed by atoms with E-state index >= 15 is 0 Å². The van der Waals surface area contributed by atoms with Crippen LogP contribution in [0.1, 0.15) is 38.2 Å². The maximum atomic E-state index is 12.3. The number of carbonyl (C=O) groups is 3. The molecule has 0 spiro atoms. The number of ether oxygens (including phenoxy) is 2. The fourth-order valence-corrected chi connectivity index (χ4v) is 4.88. The van der Waals surface area contributed by atoms with Crippen LogP contribution in [0.5, 0.6) is 0 Å². The molecular weight excluding hydrogens is 524 g/mol. The van der Waals surface area contributed by atoms with Crippen molar-refractivity contribution < 1.29 is 34.1 Å². The normalized spacial score (nSPS) is 26.5. The molecule has 3 saturated heterocycles. The van der Waals surface area contributed by atoms with Crippen LogP contribution >= 0.6 is 0 Å². The monoisotopic (exact) mass is 556 g/mol. The molecule has 3 fully saturated rings. The van der Waals surface area contributed by atoms with Crippen molar-refractivity contribution in [2.75, 3.05) is 38.5 Å². The second-order valence-corrected chi connectivity index (χ2v) is 10.0. The van der Waals surface area contributed by atoms with Gasteiger partial charge in [0.05, 0.1) is 12.2 Å². The van der Waals surface area contributed by atoms with Gasteiger partial charge < -0.3 is 41.0 Å². The number of likely N-dealkylation sites (N-methyl/N-ethyl adjacent to an activating group) is 1. The molecule has 5 heterocycles. The molecule has 214 valence electrons. The van der Waals surface area contributed by atoms with Crippen molar-refractivity contribution in [1.29, 1.82) is 0 Å². The molecule has 3 aliphatic heterocycles. The molecule has 5 unspecified atom stereocenters. The Bertz CT molecular complexity index is 1350. The van der Waals surface area contributed by atoms with Crippen molar-refractivity contribution in [2.24, 2.45) is 11.8 Å². The number of amides is 3. The van der Waals surface area contributed by atoms with Crippen LogP contribution in [0, 0.1) is 23.7 Å². The van der Waals surface area contributed by atoms with Crippen molar-refractivity contribution in [3.8, 4) is 11.8 Å². The summed E-state index contributed by atoms with van der Waals surface area (Å²) >= 11 is 0. The van der Waals surface area contributed by atoms with Crippen molar-refractivity contribution >= 4 is 34.9 Å². The first-order valence-corrected chi connectivity index (χ1v) is 13.2. The number of likely N-dealkylation sites (tertiary alicyclic amines) is 1. The highest BCUT2D eigenvalue weighted by Crippen LogP contribution is 2.32. The number of hydrogen-bond acceptors (Lipinski definition) is 11. The summed E-state index contributed by atoms with van der Waals surface area (Å²) in [6.45, 7) is 3.81. The van der Waals surface area contributed by atoms with Gasteiger partial charge >= 0.3 is 6.09 Å². The molecule has 5 rings (SSSR count). The lowest BCUT2D eigenvalue weighted by Crippen LogP contribution is -2.51. The van der Waals surface area contributed by atoms with Gasteiger partial charge in [-0.25, -0.2) is 19.7 Å². The first kappa shape index (κ1) is 27.6. The summed E-state index contributed by atoms with van der Waals surface area (Å²) in [5.41, 5.74) is 6.60. The SMILES string of the molecule is CCNC(=O)C1OC(n2cnc3c(N)nc(C#CCC4CCN(C(=O)OCC5CNC5=O)CC4)nc32)C(O)C1O. The molecule has 3 amide bonds. The summed E-state index contributed by atoms with van der Waals surface area (Å²) in [4.78, 5) is 50.3. The number of β-lactam (4-membered cyclic amide) rings is 1. The van der Waals surface area contributed by atoms with Crippen LogP contribution in [-0.4, -0.2) is 104 Å². The average Bonchev–Trinajstić information content (AvgIpc) is 3.49. The van der Waals surface area contributed by atoms with E-state index in [1.165, 1.54) is 10.9 Å². The topological polar surface area (TPSA) is 207 Å². The smallest absolute Gasteiger partial charge is 0.409 e. The lowest BCUT2D eigenvalue weighted by molar-refractivity contribution is -0.137. The average molecular weight is 557 g/mol. The lowest BCUT2D eigenvalue weighted by Gasteiger charge is -2.31. The van der Waals surface area contributed by atoms with E-state index in [-0.39, 0.29) is 47.2 Å². The predicted molar refractivity (Wildman–Crippen MR) is 138 cm³/mol. The second kappa shape index (κ2) is 11.6. The molecule has 5 atom stereocenters. The summed E-state index contributed by atoms with van der Waals surface area (Å²) < 4.78 is 12.3. The van der Waals surface area contributed by atoms with Gasteiger partial charge in [0, 0.05) is 32.6 Å². The molecule has 0 aliphatic carbocycles. The molecule has 40 heavy (non-hydrogen) atoms. The fraction of sp³-hybridized carbons (Fsp3) is 0.600. The van der Waals surface area contributed by atoms with Gasteiger partial charge in [0.1, 0.15) is 24.3 Å². The largest absolute Gasteiger partial charge is 0.448 e. The van der Waals surface area contributed by atoms with E-state index in [1.54, 1.807) is 11.8 Å². The highest BCUT2D eigenvalue weighted by Gasteiger charge is 2.47. The summed E-state index contributed by atoms with van der Waals surface area (Å²) in [7, 11) is 0. The maximum Gasteiger partial charge on any atom is 0.409 e. The van der Waals surface area contributed by atoms with Crippen LogP contribution in [0.2, 0.25) is 0 Å². The van der Waals surface area contributed by atoms with Gasteiger partial charge in [-0.3, -0.25) is 14.2 Å². The minimum absolute atomic E-state index is 0.0900.